The van der Waals surface area contributed by atoms with Gasteiger partial charge in [-0.3, -0.25) is 9.59 Å². The van der Waals surface area contributed by atoms with Crippen LogP contribution in [0.5, 0.6) is 5.75 Å². The normalized spacial score (nSPS) is 14.1. The maximum absolute atomic E-state index is 12.3. The lowest BCUT2D eigenvalue weighted by Crippen LogP contribution is -2.30. The molecule has 0 aliphatic carbocycles. The first kappa shape index (κ1) is 17.2. The number of aryl methyl sites for hydroxylation is 1. The molecule has 0 bridgehead atoms. The molecule has 1 aliphatic rings. The van der Waals surface area contributed by atoms with Gasteiger partial charge in [0.25, 0.3) is 11.8 Å². The van der Waals surface area contributed by atoms with E-state index in [1.165, 1.54) is 0 Å². The van der Waals surface area contributed by atoms with Crippen LogP contribution in [0.3, 0.4) is 0 Å². The fraction of sp³-hybridized carbons (Fsp3) is 0.150. The number of carbonyl (C=O) groups is 2. The van der Waals surface area contributed by atoms with Crippen molar-refractivity contribution in [3.8, 4) is 11.8 Å². The summed E-state index contributed by atoms with van der Waals surface area (Å²) < 4.78 is 5.53. The van der Waals surface area contributed by atoms with E-state index in [-0.39, 0.29) is 24.3 Å². The largest absolute Gasteiger partial charge is 0.492 e. The minimum absolute atomic E-state index is 0.0973. The van der Waals surface area contributed by atoms with Gasteiger partial charge in [-0.15, -0.1) is 0 Å². The predicted octanol–water partition coefficient (Wildman–Crippen LogP) is 2.42. The third-order valence-corrected chi connectivity index (χ3v) is 3.94. The van der Waals surface area contributed by atoms with Gasteiger partial charge in [-0.05, 0) is 25.1 Å². The minimum atomic E-state index is -0.596. The quantitative estimate of drug-likeness (QED) is 0.494. The van der Waals surface area contributed by atoms with E-state index in [4.69, 9.17) is 4.74 Å². The van der Waals surface area contributed by atoms with Crippen LogP contribution >= 0.6 is 0 Å². The predicted molar refractivity (Wildman–Crippen MR) is 97.3 cm³/mol. The summed E-state index contributed by atoms with van der Waals surface area (Å²) in [7, 11) is 0. The van der Waals surface area contributed by atoms with Gasteiger partial charge in [0.2, 0.25) is 0 Å². The number of benzene rings is 2. The Bertz CT molecular complexity index is 924. The Labute approximate surface area is 151 Å². The second-order valence-electron chi connectivity index (χ2n) is 5.78. The molecule has 0 saturated heterocycles. The van der Waals surface area contributed by atoms with Crippen LogP contribution in [0.1, 0.15) is 11.1 Å². The summed E-state index contributed by atoms with van der Waals surface area (Å²) in [5, 5.41) is 14.7. The van der Waals surface area contributed by atoms with E-state index in [2.05, 4.69) is 10.6 Å². The van der Waals surface area contributed by atoms with Gasteiger partial charge in [-0.25, -0.2) is 0 Å². The van der Waals surface area contributed by atoms with Crippen LogP contribution in [0.4, 0.5) is 5.69 Å². The zero-order valence-corrected chi connectivity index (χ0v) is 14.2. The van der Waals surface area contributed by atoms with Gasteiger partial charge >= 0.3 is 0 Å². The number of fused-ring (bicyclic) bond motifs is 1. The highest BCUT2D eigenvalue weighted by Crippen LogP contribution is 2.33. The fourth-order valence-electron chi connectivity index (χ4n) is 2.64. The molecule has 2 amide bonds. The first-order valence-corrected chi connectivity index (χ1v) is 8.13. The second-order valence-corrected chi connectivity index (χ2v) is 5.78. The Morgan fingerprint density at radius 2 is 1.92 bits per heavy atom. The Hall–Kier alpha value is -3.59. The summed E-state index contributed by atoms with van der Waals surface area (Å²) in [6.07, 6.45) is 0. The van der Waals surface area contributed by atoms with Crippen molar-refractivity contribution >= 4 is 23.1 Å². The number of carbonyl (C=O) groups excluding carboxylic acids is 2. The number of amides is 2. The Kier molecular flexibility index (Phi) is 4.99. The van der Waals surface area contributed by atoms with Crippen LogP contribution in [-0.2, 0) is 9.59 Å². The molecule has 0 unspecified atom stereocenters. The van der Waals surface area contributed by atoms with Crippen LogP contribution in [0.25, 0.3) is 5.57 Å². The average Bonchev–Trinajstić information content (AvgIpc) is 2.97. The monoisotopic (exact) mass is 347 g/mol. The number of nitriles is 1. The van der Waals surface area contributed by atoms with Crippen molar-refractivity contribution in [2.45, 2.75) is 6.92 Å². The van der Waals surface area contributed by atoms with Gasteiger partial charge in [-0.2, -0.15) is 5.26 Å². The minimum Gasteiger partial charge on any atom is -0.492 e. The summed E-state index contributed by atoms with van der Waals surface area (Å²) >= 11 is 0. The molecular formula is C20H17N3O3. The molecule has 2 N–H and O–H groups in total. The zero-order valence-electron chi connectivity index (χ0n) is 14.2. The van der Waals surface area contributed by atoms with Crippen LogP contribution in [0.2, 0.25) is 0 Å². The summed E-state index contributed by atoms with van der Waals surface area (Å²) in [5.41, 5.74) is 2.17. The van der Waals surface area contributed by atoms with Crippen LogP contribution in [0.15, 0.2) is 54.1 Å². The van der Waals surface area contributed by atoms with Crippen molar-refractivity contribution in [1.29, 1.82) is 5.26 Å². The molecule has 130 valence electrons. The zero-order chi connectivity index (χ0) is 18.5. The van der Waals surface area contributed by atoms with Gasteiger partial charge in [0.1, 0.15) is 24.0 Å². The number of para-hydroxylation sites is 1. The topological polar surface area (TPSA) is 91.2 Å². The molecule has 0 aromatic heterocycles. The molecular weight excluding hydrogens is 330 g/mol. The Balaban J connectivity index is 1.65. The van der Waals surface area contributed by atoms with E-state index in [9.17, 15) is 14.9 Å². The Morgan fingerprint density at radius 3 is 2.65 bits per heavy atom. The summed E-state index contributed by atoms with van der Waals surface area (Å²) in [5.74, 6) is -0.344. The lowest BCUT2D eigenvalue weighted by atomic mass is 10.0. The summed E-state index contributed by atoms with van der Waals surface area (Å²) in [6.45, 7) is 2.46. The number of hydrogen-bond acceptors (Lipinski definition) is 4. The standard InChI is InChI=1S/C20H17N3O3/c1-13-6-8-14(9-7-13)26-11-10-22-19(24)16(12-21)18-15-4-2-3-5-17(15)23-20(18)25/h2-9H,10-11H2,1H3,(H,22,24)(H,23,25)/b18-16-. The van der Waals surface area contributed by atoms with Crippen molar-refractivity contribution in [2.24, 2.45) is 0 Å². The van der Waals surface area contributed by atoms with E-state index >= 15 is 0 Å². The molecule has 6 heteroatoms. The number of nitrogens with zero attached hydrogens (tertiary/aromatic N) is 1. The van der Waals surface area contributed by atoms with E-state index in [1.807, 2.05) is 37.3 Å². The van der Waals surface area contributed by atoms with Crippen molar-refractivity contribution < 1.29 is 14.3 Å². The maximum Gasteiger partial charge on any atom is 0.262 e. The van der Waals surface area contributed by atoms with E-state index in [0.717, 1.165) is 5.56 Å². The van der Waals surface area contributed by atoms with Gasteiger partial charge in [0.15, 0.2) is 0 Å². The Morgan fingerprint density at radius 1 is 1.19 bits per heavy atom. The SMILES string of the molecule is Cc1ccc(OCCNC(=O)/C(C#N)=C2\C(=O)Nc3ccccc32)cc1. The lowest BCUT2D eigenvalue weighted by molar-refractivity contribution is -0.117. The van der Waals surface area contributed by atoms with Crippen LogP contribution < -0.4 is 15.4 Å². The van der Waals surface area contributed by atoms with Crippen molar-refractivity contribution in [3.05, 3.63) is 65.2 Å². The molecule has 0 atom stereocenters. The van der Waals surface area contributed by atoms with Gasteiger partial charge < -0.3 is 15.4 Å². The van der Waals surface area contributed by atoms with Gasteiger partial charge in [0, 0.05) is 11.3 Å². The summed E-state index contributed by atoms with van der Waals surface area (Å²) in [4.78, 5) is 24.5. The lowest BCUT2D eigenvalue weighted by Gasteiger charge is -2.08. The molecule has 26 heavy (non-hydrogen) atoms. The van der Waals surface area contributed by atoms with E-state index in [1.54, 1.807) is 24.3 Å². The highest BCUT2D eigenvalue weighted by molar-refractivity contribution is 6.36. The molecule has 3 rings (SSSR count). The molecule has 0 saturated carbocycles. The highest BCUT2D eigenvalue weighted by atomic mass is 16.5. The molecule has 2 aromatic rings. The van der Waals surface area contributed by atoms with Gasteiger partial charge in [-0.1, -0.05) is 35.9 Å². The third-order valence-electron chi connectivity index (χ3n) is 3.94. The van der Waals surface area contributed by atoms with Crippen molar-refractivity contribution in [3.63, 3.8) is 0 Å². The first-order chi connectivity index (χ1) is 12.6. The van der Waals surface area contributed by atoms with E-state index < -0.39 is 11.8 Å². The average molecular weight is 347 g/mol. The number of hydrogen-bond donors (Lipinski definition) is 2. The third kappa shape index (κ3) is 3.57. The van der Waals surface area contributed by atoms with Crippen LogP contribution in [0, 0.1) is 18.3 Å². The summed E-state index contributed by atoms with van der Waals surface area (Å²) in [6, 6.07) is 16.4. The molecule has 1 aliphatic heterocycles. The molecule has 2 aromatic carbocycles. The number of nitrogens with one attached hydrogen (secondary N) is 2. The molecule has 6 nitrogen and oxygen atoms in total. The maximum atomic E-state index is 12.3. The first-order valence-electron chi connectivity index (χ1n) is 8.13. The number of ether oxygens (including phenoxy) is 1. The van der Waals surface area contributed by atoms with Crippen LogP contribution in [-0.4, -0.2) is 25.0 Å². The fourth-order valence-corrected chi connectivity index (χ4v) is 2.64. The highest BCUT2D eigenvalue weighted by Gasteiger charge is 2.29. The van der Waals surface area contributed by atoms with E-state index in [0.29, 0.717) is 17.0 Å². The molecule has 0 fully saturated rings. The number of anilines is 1. The van der Waals surface area contributed by atoms with Crippen molar-refractivity contribution in [2.75, 3.05) is 18.5 Å². The molecule has 1 heterocycles. The molecule has 0 radical (unpaired) electrons. The second kappa shape index (κ2) is 7.53. The van der Waals surface area contributed by atoms with Crippen molar-refractivity contribution in [1.82, 2.24) is 5.32 Å². The van der Waals surface area contributed by atoms with Gasteiger partial charge in [0.05, 0.1) is 12.1 Å². The number of rotatable bonds is 5. The molecule has 0 spiro atoms. The smallest absolute Gasteiger partial charge is 0.262 e.